The molecule has 3 aromatic rings. The smallest absolute Gasteiger partial charge is 0.275 e. The topological polar surface area (TPSA) is 83.4 Å². The van der Waals surface area contributed by atoms with Crippen LogP contribution in [-0.2, 0) is 17.1 Å². The number of nitrogens with one attached hydrogen (secondary N) is 2. The average Bonchev–Trinajstić information content (AvgIpc) is 3.39. The van der Waals surface area contributed by atoms with Gasteiger partial charge in [0.15, 0.2) is 17.5 Å². The summed E-state index contributed by atoms with van der Waals surface area (Å²) in [7, 11) is -2.33. The van der Waals surface area contributed by atoms with Crippen molar-refractivity contribution < 1.29 is 30.8 Å². The molecular formula is C22H20F4N4O3S2. The van der Waals surface area contributed by atoms with E-state index in [0.29, 0.717) is 6.42 Å². The van der Waals surface area contributed by atoms with Crippen LogP contribution in [-0.4, -0.2) is 42.3 Å². The molecule has 1 atom stereocenters. The highest BCUT2D eigenvalue weighted by atomic mass is 32.2. The molecule has 2 N–H and O–H groups in total. The van der Waals surface area contributed by atoms with Gasteiger partial charge in [-0.1, -0.05) is 0 Å². The van der Waals surface area contributed by atoms with E-state index in [0.717, 1.165) is 42.3 Å². The van der Waals surface area contributed by atoms with Gasteiger partial charge in [0.05, 0.1) is 9.79 Å². The molecule has 7 nitrogen and oxygen atoms in total. The average molecular weight is 529 g/mol. The van der Waals surface area contributed by atoms with E-state index >= 15 is 0 Å². The van der Waals surface area contributed by atoms with Crippen LogP contribution in [0.4, 0.5) is 23.2 Å². The number of carbonyl (C=O) groups is 1. The van der Waals surface area contributed by atoms with Gasteiger partial charge in [0, 0.05) is 44.1 Å². The van der Waals surface area contributed by atoms with Gasteiger partial charge in [0.25, 0.3) is 5.91 Å². The number of hydrogen-bond acceptors (Lipinski definition) is 5. The second-order valence-electron chi connectivity index (χ2n) is 7.87. The van der Waals surface area contributed by atoms with Crippen LogP contribution in [0.1, 0.15) is 16.9 Å². The minimum absolute atomic E-state index is 0.0157. The Hall–Kier alpha value is -2.87. The van der Waals surface area contributed by atoms with E-state index in [1.54, 1.807) is 0 Å². The molecule has 4 rings (SSSR count). The summed E-state index contributed by atoms with van der Waals surface area (Å²) in [5.41, 5.74) is -0.346. The molecule has 0 spiro atoms. The Morgan fingerprint density at radius 2 is 1.77 bits per heavy atom. The van der Waals surface area contributed by atoms with E-state index in [4.69, 9.17) is 0 Å². The lowest BCUT2D eigenvalue weighted by Crippen LogP contribution is -2.32. The monoisotopic (exact) mass is 528 g/mol. The van der Waals surface area contributed by atoms with Crippen molar-refractivity contribution in [3.05, 3.63) is 77.6 Å². The first kappa shape index (κ1) is 25.2. The van der Waals surface area contributed by atoms with Crippen molar-refractivity contribution in [3.8, 4) is 0 Å². The summed E-state index contributed by atoms with van der Waals surface area (Å²) < 4.78 is 85.6. The standard InChI is InChI=1S/C22H20F4N4O3S2/c1-29-12-19(20(26)21(29)22(31)27-14-4-7-17(24)18(25)10-14)34-28-15-8-9-30(11-15)35(32,33)16-5-2-13(23)3-6-16/h2-7,10,12,15,28H,8-9,11H2,1H3,(H,27,31). The maximum absolute atomic E-state index is 15.0. The zero-order chi connectivity index (χ0) is 25.3. The van der Waals surface area contributed by atoms with Gasteiger partial charge < -0.3 is 9.88 Å². The molecule has 1 amide bonds. The quantitative estimate of drug-likeness (QED) is 0.359. The lowest BCUT2D eigenvalue weighted by Gasteiger charge is -2.17. The second kappa shape index (κ2) is 10.0. The molecule has 2 aromatic carbocycles. The molecule has 1 aliphatic rings. The van der Waals surface area contributed by atoms with Crippen molar-refractivity contribution >= 4 is 33.6 Å². The zero-order valence-corrected chi connectivity index (χ0v) is 19.9. The fourth-order valence-corrected chi connectivity index (χ4v) is 5.99. The molecule has 1 unspecified atom stereocenters. The van der Waals surface area contributed by atoms with Gasteiger partial charge in [0.1, 0.15) is 11.5 Å². The third kappa shape index (κ3) is 5.37. The van der Waals surface area contributed by atoms with Crippen LogP contribution in [0.5, 0.6) is 0 Å². The van der Waals surface area contributed by atoms with Gasteiger partial charge in [-0.3, -0.25) is 9.52 Å². The number of carbonyl (C=O) groups excluding carboxylic acids is 1. The van der Waals surface area contributed by atoms with Crippen molar-refractivity contribution in [2.45, 2.75) is 22.3 Å². The first-order valence-electron chi connectivity index (χ1n) is 10.4. The van der Waals surface area contributed by atoms with E-state index in [1.165, 1.54) is 34.2 Å². The van der Waals surface area contributed by atoms with Gasteiger partial charge in [-0.2, -0.15) is 4.31 Å². The fourth-order valence-electron chi connectivity index (χ4n) is 3.61. The summed E-state index contributed by atoms with van der Waals surface area (Å²) in [6.45, 7) is 0.363. The summed E-state index contributed by atoms with van der Waals surface area (Å²) in [6.07, 6.45) is 1.85. The highest BCUT2D eigenvalue weighted by Crippen LogP contribution is 2.28. The van der Waals surface area contributed by atoms with Crippen LogP contribution < -0.4 is 10.0 Å². The Balaban J connectivity index is 1.39. The van der Waals surface area contributed by atoms with Gasteiger partial charge in [-0.25, -0.2) is 26.0 Å². The normalized spacial score (nSPS) is 16.5. The molecular weight excluding hydrogens is 508 g/mol. The minimum atomic E-state index is -3.79. The van der Waals surface area contributed by atoms with E-state index < -0.39 is 39.2 Å². The third-order valence-corrected chi connectivity index (χ3v) is 8.25. The number of nitrogens with zero attached hydrogens (tertiary/aromatic N) is 2. The summed E-state index contributed by atoms with van der Waals surface area (Å²) in [4.78, 5) is 12.6. The molecule has 0 bridgehead atoms. The SMILES string of the molecule is Cn1cc(SNC2CCN(S(=O)(=O)c3ccc(F)cc3)C2)c(F)c1C(=O)Nc1ccc(F)c(F)c1. The molecule has 1 saturated heterocycles. The largest absolute Gasteiger partial charge is 0.343 e. The highest BCUT2D eigenvalue weighted by Gasteiger charge is 2.33. The number of anilines is 1. The zero-order valence-electron chi connectivity index (χ0n) is 18.3. The van der Waals surface area contributed by atoms with Crippen molar-refractivity contribution in [2.75, 3.05) is 18.4 Å². The van der Waals surface area contributed by atoms with Gasteiger partial charge >= 0.3 is 0 Å². The molecule has 35 heavy (non-hydrogen) atoms. The molecule has 13 heteroatoms. The van der Waals surface area contributed by atoms with Crippen LogP contribution in [0.2, 0.25) is 0 Å². The number of benzene rings is 2. The lowest BCUT2D eigenvalue weighted by molar-refractivity contribution is 0.101. The van der Waals surface area contributed by atoms with E-state index in [2.05, 4.69) is 10.0 Å². The number of rotatable bonds is 7. The van der Waals surface area contributed by atoms with Crippen molar-refractivity contribution in [2.24, 2.45) is 7.05 Å². The maximum Gasteiger partial charge on any atom is 0.275 e. The van der Waals surface area contributed by atoms with E-state index in [9.17, 15) is 30.8 Å². The van der Waals surface area contributed by atoms with Crippen LogP contribution in [0.15, 0.2) is 58.5 Å². The number of hydrogen-bond donors (Lipinski definition) is 2. The molecule has 1 fully saturated rings. The number of aromatic nitrogens is 1. The number of halogens is 4. The third-order valence-electron chi connectivity index (χ3n) is 5.42. The van der Waals surface area contributed by atoms with E-state index in [1.807, 2.05) is 0 Å². The molecule has 0 aliphatic carbocycles. The Morgan fingerprint density at radius 1 is 1.06 bits per heavy atom. The van der Waals surface area contributed by atoms with Crippen molar-refractivity contribution in [1.29, 1.82) is 0 Å². The maximum atomic E-state index is 15.0. The number of sulfonamides is 1. The van der Waals surface area contributed by atoms with Crippen LogP contribution in [0.3, 0.4) is 0 Å². The molecule has 1 aliphatic heterocycles. The van der Waals surface area contributed by atoms with Crippen LogP contribution in [0.25, 0.3) is 0 Å². The van der Waals surface area contributed by atoms with Gasteiger partial charge in [-0.05, 0) is 54.8 Å². The lowest BCUT2D eigenvalue weighted by atomic mass is 10.3. The molecule has 186 valence electrons. The van der Waals surface area contributed by atoms with Crippen molar-refractivity contribution in [1.82, 2.24) is 13.6 Å². The molecule has 1 aromatic heterocycles. The number of aryl methyl sites for hydroxylation is 1. The van der Waals surface area contributed by atoms with E-state index in [-0.39, 0.29) is 40.3 Å². The molecule has 0 saturated carbocycles. The Kier molecular flexibility index (Phi) is 7.22. The number of amides is 1. The summed E-state index contributed by atoms with van der Waals surface area (Å²) >= 11 is 0.911. The first-order valence-corrected chi connectivity index (χ1v) is 12.6. The molecule has 0 radical (unpaired) electrons. The molecule has 2 heterocycles. The Bertz CT molecular complexity index is 1360. The van der Waals surface area contributed by atoms with Crippen LogP contribution >= 0.6 is 11.9 Å². The predicted molar refractivity (Wildman–Crippen MR) is 122 cm³/mol. The van der Waals surface area contributed by atoms with Crippen LogP contribution in [0, 0.1) is 23.3 Å². The van der Waals surface area contributed by atoms with Gasteiger partial charge in [-0.15, -0.1) is 0 Å². The summed E-state index contributed by atoms with van der Waals surface area (Å²) in [5, 5.41) is 2.33. The fraction of sp³-hybridized carbons (Fsp3) is 0.227. The first-order chi connectivity index (χ1) is 16.6. The minimum Gasteiger partial charge on any atom is -0.343 e. The summed E-state index contributed by atoms with van der Waals surface area (Å²) in [6, 6.07) is 7.05. The Morgan fingerprint density at radius 3 is 2.46 bits per heavy atom. The summed E-state index contributed by atoms with van der Waals surface area (Å²) in [5.74, 6) is -4.43. The highest BCUT2D eigenvalue weighted by molar-refractivity contribution is 7.97. The van der Waals surface area contributed by atoms with Gasteiger partial charge in [0.2, 0.25) is 10.0 Å². The predicted octanol–water partition coefficient (Wildman–Crippen LogP) is 3.89. The van der Waals surface area contributed by atoms with Crippen molar-refractivity contribution in [3.63, 3.8) is 0 Å². The Labute approximate surface area is 203 Å². The second-order valence-corrected chi connectivity index (χ2v) is 10.7.